The summed E-state index contributed by atoms with van der Waals surface area (Å²) in [6.07, 6.45) is 0.500. The first-order valence-corrected chi connectivity index (χ1v) is 12.0. The predicted molar refractivity (Wildman–Crippen MR) is 141 cm³/mol. The monoisotopic (exact) mass is 507 g/mol. The maximum Gasteiger partial charge on any atom is 0.270 e. The molecule has 0 fully saturated rings. The molecule has 2 amide bonds. The number of nitro groups is 1. The van der Waals surface area contributed by atoms with Crippen LogP contribution in [0.4, 0.5) is 11.5 Å². The first-order chi connectivity index (χ1) is 17.5. The van der Waals surface area contributed by atoms with Gasteiger partial charge in [0.25, 0.3) is 11.6 Å². The number of nitrogens with zero attached hydrogens (tertiary/aromatic N) is 4. The summed E-state index contributed by atoms with van der Waals surface area (Å²) in [6, 6.07) is 15.1. The SMILES string of the molecule is COCCCN(CC(=O)Nc1cc(C(C)(C)C)nn1-c1cccc(C)c1)C(=O)c1cccc([N+](=O)[O-])c1. The molecular weight excluding hydrogens is 474 g/mol. The van der Waals surface area contributed by atoms with Gasteiger partial charge in [-0.05, 0) is 37.1 Å². The van der Waals surface area contributed by atoms with Gasteiger partial charge >= 0.3 is 0 Å². The molecule has 0 saturated carbocycles. The number of carbonyl (C=O) groups is 2. The molecule has 3 rings (SSSR count). The maximum atomic E-state index is 13.2. The van der Waals surface area contributed by atoms with Crippen molar-refractivity contribution in [1.82, 2.24) is 14.7 Å². The minimum Gasteiger partial charge on any atom is -0.385 e. The molecule has 1 N–H and O–H groups in total. The minimum absolute atomic E-state index is 0.138. The van der Waals surface area contributed by atoms with Crippen molar-refractivity contribution in [2.24, 2.45) is 0 Å². The van der Waals surface area contributed by atoms with E-state index in [1.54, 1.807) is 11.8 Å². The van der Waals surface area contributed by atoms with Gasteiger partial charge in [-0.25, -0.2) is 4.68 Å². The van der Waals surface area contributed by atoms with Crippen molar-refractivity contribution in [2.45, 2.75) is 39.5 Å². The summed E-state index contributed by atoms with van der Waals surface area (Å²) >= 11 is 0. The zero-order chi connectivity index (χ0) is 27.2. The Hall–Kier alpha value is -4.05. The average Bonchev–Trinajstić information content (AvgIpc) is 3.27. The quantitative estimate of drug-likeness (QED) is 0.245. The molecule has 0 spiro atoms. The third-order valence-electron chi connectivity index (χ3n) is 5.69. The van der Waals surface area contributed by atoms with E-state index in [2.05, 4.69) is 5.32 Å². The lowest BCUT2D eigenvalue weighted by Crippen LogP contribution is -2.39. The van der Waals surface area contributed by atoms with Crippen molar-refractivity contribution in [3.8, 4) is 5.69 Å². The largest absolute Gasteiger partial charge is 0.385 e. The van der Waals surface area contributed by atoms with Crippen LogP contribution < -0.4 is 5.32 Å². The van der Waals surface area contributed by atoms with Crippen molar-refractivity contribution in [3.63, 3.8) is 0 Å². The van der Waals surface area contributed by atoms with Gasteiger partial charge in [0.05, 0.1) is 16.3 Å². The summed E-state index contributed by atoms with van der Waals surface area (Å²) < 4.78 is 6.78. The topological polar surface area (TPSA) is 120 Å². The zero-order valence-corrected chi connectivity index (χ0v) is 21.9. The first kappa shape index (κ1) is 27.5. The molecule has 196 valence electrons. The molecule has 0 unspecified atom stereocenters. The number of rotatable bonds is 10. The highest BCUT2D eigenvalue weighted by Gasteiger charge is 2.24. The molecule has 1 aromatic heterocycles. The van der Waals surface area contributed by atoms with E-state index in [9.17, 15) is 19.7 Å². The molecule has 10 heteroatoms. The van der Waals surface area contributed by atoms with Gasteiger partial charge in [-0.15, -0.1) is 0 Å². The standard InChI is InChI=1S/C27H33N5O5/c1-19-9-6-11-21(15-19)31-24(17-23(29-31)27(2,3)4)28-25(33)18-30(13-8-14-37-5)26(34)20-10-7-12-22(16-20)32(35)36/h6-7,9-12,15-17H,8,13-14,18H2,1-5H3,(H,28,33). The Kier molecular flexibility index (Phi) is 8.77. The van der Waals surface area contributed by atoms with E-state index in [0.717, 1.165) is 16.9 Å². The normalized spacial score (nSPS) is 11.3. The van der Waals surface area contributed by atoms with Crippen LogP contribution in [0.15, 0.2) is 54.6 Å². The number of carbonyl (C=O) groups excluding carboxylic acids is 2. The number of aromatic nitrogens is 2. The second-order valence-corrected chi connectivity index (χ2v) is 9.84. The fourth-order valence-corrected chi connectivity index (χ4v) is 3.74. The van der Waals surface area contributed by atoms with Crippen molar-refractivity contribution < 1.29 is 19.2 Å². The molecule has 2 aromatic carbocycles. The molecular formula is C27H33N5O5. The molecule has 10 nitrogen and oxygen atoms in total. The molecule has 0 bridgehead atoms. The van der Waals surface area contributed by atoms with E-state index in [1.165, 1.54) is 29.2 Å². The van der Waals surface area contributed by atoms with Gasteiger partial charge in [0.2, 0.25) is 5.91 Å². The Morgan fingerprint density at radius 1 is 1.14 bits per heavy atom. The number of hydrogen-bond donors (Lipinski definition) is 1. The van der Waals surface area contributed by atoms with Crippen LogP contribution in [0.5, 0.6) is 0 Å². The molecule has 1 heterocycles. The summed E-state index contributed by atoms with van der Waals surface area (Å²) in [7, 11) is 1.55. The Morgan fingerprint density at radius 2 is 1.86 bits per heavy atom. The van der Waals surface area contributed by atoms with Gasteiger partial charge in [0.15, 0.2) is 0 Å². The van der Waals surface area contributed by atoms with E-state index >= 15 is 0 Å². The second kappa shape index (κ2) is 11.8. The number of non-ortho nitro benzene ring substituents is 1. The Morgan fingerprint density at radius 3 is 2.51 bits per heavy atom. The van der Waals surface area contributed by atoms with E-state index in [1.807, 2.05) is 58.0 Å². The molecule has 0 atom stereocenters. The van der Waals surface area contributed by atoms with Gasteiger partial charge in [0, 0.05) is 49.4 Å². The number of benzene rings is 2. The summed E-state index contributed by atoms with van der Waals surface area (Å²) in [4.78, 5) is 38.4. The molecule has 37 heavy (non-hydrogen) atoms. The summed E-state index contributed by atoms with van der Waals surface area (Å²) in [5.41, 5.74) is 2.35. The van der Waals surface area contributed by atoms with Gasteiger partial charge in [0.1, 0.15) is 12.4 Å². The Balaban J connectivity index is 1.87. The van der Waals surface area contributed by atoms with E-state index in [4.69, 9.17) is 9.84 Å². The fraction of sp³-hybridized carbons (Fsp3) is 0.370. The van der Waals surface area contributed by atoms with E-state index < -0.39 is 16.7 Å². The predicted octanol–water partition coefficient (Wildman–Crippen LogP) is 4.50. The molecule has 0 aliphatic carbocycles. The van der Waals surface area contributed by atoms with Gasteiger partial charge in [-0.3, -0.25) is 19.7 Å². The van der Waals surface area contributed by atoms with Gasteiger partial charge in [-0.2, -0.15) is 5.10 Å². The molecule has 0 radical (unpaired) electrons. The highest BCUT2D eigenvalue weighted by Crippen LogP contribution is 2.26. The second-order valence-electron chi connectivity index (χ2n) is 9.84. The van der Waals surface area contributed by atoms with Crippen LogP contribution in [0.3, 0.4) is 0 Å². The summed E-state index contributed by atoms with van der Waals surface area (Å²) in [5.74, 6) is -0.400. The number of methoxy groups -OCH3 is 1. The lowest BCUT2D eigenvalue weighted by atomic mass is 9.92. The first-order valence-electron chi connectivity index (χ1n) is 12.0. The minimum atomic E-state index is -0.558. The van der Waals surface area contributed by atoms with Crippen molar-refractivity contribution >= 4 is 23.3 Å². The number of hydrogen-bond acceptors (Lipinski definition) is 6. The number of nitrogens with one attached hydrogen (secondary N) is 1. The maximum absolute atomic E-state index is 13.2. The van der Waals surface area contributed by atoms with Crippen LogP contribution >= 0.6 is 0 Å². The number of nitro benzene ring substituents is 1. The van der Waals surface area contributed by atoms with E-state index in [-0.39, 0.29) is 29.8 Å². The van der Waals surface area contributed by atoms with E-state index in [0.29, 0.717) is 18.8 Å². The van der Waals surface area contributed by atoms with Crippen molar-refractivity contribution in [1.29, 1.82) is 0 Å². The molecule has 0 aliphatic rings. The van der Waals surface area contributed by atoms with Crippen LogP contribution in [0.2, 0.25) is 0 Å². The highest BCUT2D eigenvalue weighted by atomic mass is 16.6. The number of anilines is 1. The number of ether oxygens (including phenoxy) is 1. The van der Waals surface area contributed by atoms with Crippen LogP contribution in [-0.2, 0) is 14.9 Å². The lowest BCUT2D eigenvalue weighted by molar-refractivity contribution is -0.384. The molecule has 3 aromatic rings. The number of aryl methyl sites for hydroxylation is 1. The average molecular weight is 508 g/mol. The van der Waals surface area contributed by atoms with Crippen LogP contribution in [0.25, 0.3) is 5.69 Å². The Bertz CT molecular complexity index is 1280. The van der Waals surface area contributed by atoms with Crippen LogP contribution in [-0.4, -0.2) is 58.2 Å². The third-order valence-corrected chi connectivity index (χ3v) is 5.69. The number of amides is 2. The van der Waals surface area contributed by atoms with Crippen LogP contribution in [0, 0.1) is 17.0 Å². The highest BCUT2D eigenvalue weighted by molar-refractivity contribution is 5.99. The lowest BCUT2D eigenvalue weighted by Gasteiger charge is -2.22. The molecule has 0 aliphatic heterocycles. The fourth-order valence-electron chi connectivity index (χ4n) is 3.74. The summed E-state index contributed by atoms with van der Waals surface area (Å²) in [6.45, 7) is 8.50. The zero-order valence-electron chi connectivity index (χ0n) is 21.9. The van der Waals surface area contributed by atoms with Crippen LogP contribution in [0.1, 0.15) is 48.8 Å². The van der Waals surface area contributed by atoms with Gasteiger partial charge in [-0.1, -0.05) is 39.0 Å². The Labute approximate surface area is 216 Å². The smallest absolute Gasteiger partial charge is 0.270 e. The van der Waals surface area contributed by atoms with Crippen molar-refractivity contribution in [3.05, 3.63) is 81.5 Å². The molecule has 0 saturated heterocycles. The third kappa shape index (κ3) is 7.23. The summed E-state index contributed by atoms with van der Waals surface area (Å²) in [5, 5.41) is 18.8. The van der Waals surface area contributed by atoms with Crippen molar-refractivity contribution in [2.75, 3.05) is 32.1 Å². The van der Waals surface area contributed by atoms with Gasteiger partial charge < -0.3 is 15.0 Å².